The first-order chi connectivity index (χ1) is 11.5. The molecule has 0 saturated carbocycles. The average molecular weight is 325 g/mol. The van der Waals surface area contributed by atoms with Gasteiger partial charge in [0.25, 0.3) is 0 Å². The van der Waals surface area contributed by atoms with Crippen molar-refractivity contribution in [3.8, 4) is 5.75 Å². The van der Waals surface area contributed by atoms with Crippen LogP contribution in [0, 0.1) is 5.92 Å². The first-order valence-corrected chi connectivity index (χ1v) is 8.46. The van der Waals surface area contributed by atoms with Crippen LogP contribution in [0.1, 0.15) is 37.4 Å². The zero-order chi connectivity index (χ0) is 17.5. The standard InChI is InChI=1S/C21H27NO2/c1-16(13-18-9-6-5-7-10-18)14-21(23)24-20-12-8-11-19(15-20)17(2)22(3)4/h5-12,15-17H,13-14H2,1-4H3/t16-,17+/m1/s1. The number of benzene rings is 2. The van der Waals surface area contributed by atoms with Crippen molar-refractivity contribution in [1.29, 1.82) is 0 Å². The van der Waals surface area contributed by atoms with Gasteiger partial charge < -0.3 is 9.64 Å². The molecule has 2 aromatic carbocycles. The molecular formula is C21H27NO2. The largest absolute Gasteiger partial charge is 0.427 e. The van der Waals surface area contributed by atoms with Crippen LogP contribution in [0.25, 0.3) is 0 Å². The SMILES string of the molecule is C[C@@H](CC(=O)Oc1cccc([C@H](C)N(C)C)c1)Cc1ccccc1. The van der Waals surface area contributed by atoms with Gasteiger partial charge in [0, 0.05) is 12.5 Å². The molecule has 0 spiro atoms. The number of hydrogen-bond donors (Lipinski definition) is 0. The van der Waals surface area contributed by atoms with Gasteiger partial charge in [-0.1, -0.05) is 49.4 Å². The van der Waals surface area contributed by atoms with E-state index < -0.39 is 0 Å². The molecule has 0 heterocycles. The van der Waals surface area contributed by atoms with E-state index in [2.05, 4.69) is 36.9 Å². The van der Waals surface area contributed by atoms with E-state index in [0.29, 0.717) is 12.2 Å². The third-order valence-corrected chi connectivity index (χ3v) is 4.29. The fourth-order valence-corrected chi connectivity index (χ4v) is 2.68. The molecule has 0 bridgehead atoms. The third-order valence-electron chi connectivity index (χ3n) is 4.29. The van der Waals surface area contributed by atoms with Crippen molar-refractivity contribution in [2.45, 2.75) is 32.7 Å². The van der Waals surface area contributed by atoms with Gasteiger partial charge >= 0.3 is 5.97 Å². The van der Waals surface area contributed by atoms with Gasteiger partial charge in [-0.25, -0.2) is 0 Å². The minimum atomic E-state index is -0.173. The smallest absolute Gasteiger partial charge is 0.311 e. The van der Waals surface area contributed by atoms with E-state index in [-0.39, 0.29) is 17.9 Å². The molecule has 24 heavy (non-hydrogen) atoms. The van der Waals surface area contributed by atoms with Crippen LogP contribution in [-0.4, -0.2) is 25.0 Å². The molecule has 3 heteroatoms. The molecule has 0 aromatic heterocycles. The molecule has 3 nitrogen and oxygen atoms in total. The Labute approximate surface area is 145 Å². The third kappa shape index (κ3) is 5.50. The number of hydrogen-bond acceptors (Lipinski definition) is 3. The second kappa shape index (κ2) is 8.65. The quantitative estimate of drug-likeness (QED) is 0.555. The van der Waals surface area contributed by atoms with Gasteiger partial charge in [0.2, 0.25) is 0 Å². The molecule has 0 amide bonds. The maximum Gasteiger partial charge on any atom is 0.311 e. The molecule has 0 radical (unpaired) electrons. The molecule has 0 aliphatic heterocycles. The summed E-state index contributed by atoms with van der Waals surface area (Å²) in [4.78, 5) is 14.3. The van der Waals surface area contributed by atoms with Gasteiger partial charge in [-0.3, -0.25) is 4.79 Å². The number of nitrogens with zero attached hydrogens (tertiary/aromatic N) is 1. The first kappa shape index (κ1) is 18.2. The maximum absolute atomic E-state index is 12.2. The van der Waals surface area contributed by atoms with E-state index in [1.807, 2.05) is 50.5 Å². The van der Waals surface area contributed by atoms with Gasteiger partial charge in [-0.15, -0.1) is 0 Å². The molecule has 0 aliphatic carbocycles. The molecule has 2 aromatic rings. The van der Waals surface area contributed by atoms with Crippen molar-refractivity contribution in [2.24, 2.45) is 5.92 Å². The maximum atomic E-state index is 12.2. The Kier molecular flexibility index (Phi) is 6.56. The summed E-state index contributed by atoms with van der Waals surface area (Å²) in [5.41, 5.74) is 2.39. The summed E-state index contributed by atoms with van der Waals surface area (Å²) in [6.45, 7) is 4.21. The lowest BCUT2D eigenvalue weighted by Crippen LogP contribution is -2.17. The van der Waals surface area contributed by atoms with Crippen molar-refractivity contribution >= 4 is 5.97 Å². The Hall–Kier alpha value is -2.13. The Morgan fingerprint density at radius 3 is 2.42 bits per heavy atom. The molecule has 128 valence electrons. The van der Waals surface area contributed by atoms with Crippen LogP contribution in [-0.2, 0) is 11.2 Å². The monoisotopic (exact) mass is 325 g/mol. The first-order valence-electron chi connectivity index (χ1n) is 8.46. The molecule has 0 saturated heterocycles. The van der Waals surface area contributed by atoms with Crippen LogP contribution < -0.4 is 4.74 Å². The topological polar surface area (TPSA) is 29.5 Å². The zero-order valence-corrected chi connectivity index (χ0v) is 15.0. The van der Waals surface area contributed by atoms with Crippen molar-refractivity contribution in [3.05, 3.63) is 65.7 Å². The minimum absolute atomic E-state index is 0.173. The van der Waals surface area contributed by atoms with E-state index in [1.165, 1.54) is 5.56 Å². The van der Waals surface area contributed by atoms with Gasteiger partial charge in [-0.05, 0) is 56.6 Å². The highest BCUT2D eigenvalue weighted by Gasteiger charge is 2.13. The Morgan fingerprint density at radius 2 is 1.75 bits per heavy atom. The zero-order valence-electron chi connectivity index (χ0n) is 15.0. The van der Waals surface area contributed by atoms with E-state index in [0.717, 1.165) is 12.0 Å². The summed E-state index contributed by atoms with van der Waals surface area (Å²) in [7, 11) is 4.07. The van der Waals surface area contributed by atoms with Gasteiger partial charge in [-0.2, -0.15) is 0 Å². The predicted octanol–water partition coefficient (Wildman–Crippen LogP) is 4.48. The van der Waals surface area contributed by atoms with E-state index in [9.17, 15) is 4.79 Å². The summed E-state index contributed by atoms with van der Waals surface area (Å²) in [6, 6.07) is 18.3. The van der Waals surface area contributed by atoms with Crippen LogP contribution in [0.4, 0.5) is 0 Å². The number of carbonyl (C=O) groups excluding carboxylic acids is 1. The van der Waals surface area contributed by atoms with Crippen molar-refractivity contribution in [1.82, 2.24) is 4.90 Å². The molecular weight excluding hydrogens is 298 g/mol. The fraction of sp³-hybridized carbons (Fsp3) is 0.381. The predicted molar refractivity (Wildman–Crippen MR) is 98.1 cm³/mol. The molecule has 2 atom stereocenters. The van der Waals surface area contributed by atoms with E-state index in [1.54, 1.807) is 0 Å². The molecule has 0 N–H and O–H groups in total. The summed E-state index contributed by atoms with van der Waals surface area (Å²) < 4.78 is 5.54. The van der Waals surface area contributed by atoms with Gasteiger partial charge in [0.05, 0.1) is 0 Å². The summed E-state index contributed by atoms with van der Waals surface area (Å²) >= 11 is 0. The lowest BCUT2D eigenvalue weighted by atomic mass is 9.98. The highest BCUT2D eigenvalue weighted by Crippen LogP contribution is 2.23. The normalized spacial score (nSPS) is 13.5. The fourth-order valence-electron chi connectivity index (χ4n) is 2.68. The van der Waals surface area contributed by atoms with Crippen LogP contribution in [0.3, 0.4) is 0 Å². The molecule has 0 fully saturated rings. The highest BCUT2D eigenvalue weighted by atomic mass is 16.5. The second-order valence-corrected chi connectivity index (χ2v) is 6.69. The lowest BCUT2D eigenvalue weighted by molar-refractivity contribution is -0.135. The second-order valence-electron chi connectivity index (χ2n) is 6.69. The Balaban J connectivity index is 1.91. The van der Waals surface area contributed by atoms with Crippen LogP contribution in [0.15, 0.2) is 54.6 Å². The molecule has 2 rings (SSSR count). The van der Waals surface area contributed by atoms with Crippen molar-refractivity contribution in [3.63, 3.8) is 0 Å². The summed E-state index contributed by atoms with van der Waals surface area (Å²) in [6.07, 6.45) is 1.30. The molecule has 0 unspecified atom stereocenters. The van der Waals surface area contributed by atoms with Gasteiger partial charge in [0.15, 0.2) is 0 Å². The number of ether oxygens (including phenoxy) is 1. The van der Waals surface area contributed by atoms with E-state index in [4.69, 9.17) is 4.74 Å². The average Bonchev–Trinajstić information content (AvgIpc) is 2.54. The summed E-state index contributed by atoms with van der Waals surface area (Å²) in [5, 5.41) is 0. The number of carbonyl (C=O) groups is 1. The van der Waals surface area contributed by atoms with Crippen molar-refractivity contribution in [2.75, 3.05) is 14.1 Å². The van der Waals surface area contributed by atoms with Gasteiger partial charge in [0.1, 0.15) is 5.75 Å². The lowest BCUT2D eigenvalue weighted by Gasteiger charge is -2.20. The minimum Gasteiger partial charge on any atom is -0.427 e. The number of rotatable bonds is 7. The van der Waals surface area contributed by atoms with Crippen LogP contribution >= 0.6 is 0 Å². The summed E-state index contributed by atoms with van der Waals surface area (Å²) in [5.74, 6) is 0.704. The van der Waals surface area contributed by atoms with E-state index >= 15 is 0 Å². The van der Waals surface area contributed by atoms with Crippen molar-refractivity contribution < 1.29 is 9.53 Å². The highest BCUT2D eigenvalue weighted by molar-refractivity contribution is 5.72. The van der Waals surface area contributed by atoms with Crippen LogP contribution in [0.5, 0.6) is 5.75 Å². The Bertz CT molecular complexity index is 652. The molecule has 0 aliphatic rings. The van der Waals surface area contributed by atoms with Crippen LogP contribution in [0.2, 0.25) is 0 Å². The number of esters is 1. The Morgan fingerprint density at radius 1 is 1.04 bits per heavy atom.